The maximum absolute atomic E-state index is 13.2. The van der Waals surface area contributed by atoms with E-state index in [1.54, 1.807) is 12.4 Å². The lowest BCUT2D eigenvalue weighted by Gasteiger charge is -2.42. The van der Waals surface area contributed by atoms with Gasteiger partial charge in [0.15, 0.2) is 5.82 Å². The zero-order valence-electron chi connectivity index (χ0n) is 16.8. The smallest absolute Gasteiger partial charge is 0.259 e. The zero-order valence-corrected chi connectivity index (χ0v) is 16.8. The van der Waals surface area contributed by atoms with Crippen molar-refractivity contribution in [2.24, 2.45) is 11.8 Å². The maximum atomic E-state index is 13.2. The van der Waals surface area contributed by atoms with Crippen molar-refractivity contribution < 1.29 is 14.1 Å². The molecule has 5 rings (SSSR count). The van der Waals surface area contributed by atoms with Gasteiger partial charge in [-0.3, -0.25) is 9.78 Å². The van der Waals surface area contributed by atoms with E-state index in [-0.39, 0.29) is 17.2 Å². The van der Waals surface area contributed by atoms with Crippen molar-refractivity contribution in [3.8, 4) is 11.5 Å². The van der Waals surface area contributed by atoms with Crippen LogP contribution in [0.1, 0.15) is 50.8 Å². The lowest BCUT2D eigenvalue weighted by Crippen LogP contribution is -2.51. The number of hydrogen-bond acceptors (Lipinski definition) is 6. The van der Waals surface area contributed by atoms with Gasteiger partial charge in [-0.1, -0.05) is 18.0 Å². The lowest BCUT2D eigenvalue weighted by molar-refractivity contribution is -0.141. The van der Waals surface area contributed by atoms with Gasteiger partial charge in [0.25, 0.3) is 5.89 Å². The molecule has 0 spiro atoms. The predicted octanol–water partition coefficient (Wildman–Crippen LogP) is 3.22. The average molecular weight is 396 g/mol. The molecule has 154 valence electrons. The summed E-state index contributed by atoms with van der Waals surface area (Å²) in [4.78, 5) is 24.2. The highest BCUT2D eigenvalue weighted by Crippen LogP contribution is 2.46. The molecule has 7 heteroatoms. The highest BCUT2D eigenvalue weighted by Gasteiger charge is 2.46. The minimum atomic E-state index is -0.204. The molecular formula is C22H28N4O3. The number of piperidine rings is 1. The molecule has 0 N–H and O–H groups in total. The second-order valence-corrected chi connectivity index (χ2v) is 8.84. The predicted molar refractivity (Wildman–Crippen MR) is 106 cm³/mol. The van der Waals surface area contributed by atoms with Crippen molar-refractivity contribution >= 4 is 5.91 Å². The van der Waals surface area contributed by atoms with Crippen LogP contribution in [0.3, 0.4) is 0 Å². The Morgan fingerprint density at radius 3 is 2.86 bits per heavy atom. The second kappa shape index (κ2) is 7.86. The number of pyridine rings is 1. The van der Waals surface area contributed by atoms with E-state index in [0.29, 0.717) is 31.6 Å². The van der Waals surface area contributed by atoms with Crippen LogP contribution in [-0.4, -0.2) is 52.2 Å². The Hall–Kier alpha value is -2.28. The van der Waals surface area contributed by atoms with Crippen molar-refractivity contribution in [1.29, 1.82) is 0 Å². The Kier molecular flexibility index (Phi) is 5.08. The number of ether oxygens (including phenoxy) is 1. The van der Waals surface area contributed by atoms with Crippen LogP contribution in [0.2, 0.25) is 0 Å². The lowest BCUT2D eigenvalue weighted by atomic mass is 9.74. The molecule has 1 atom stereocenters. The van der Waals surface area contributed by atoms with Gasteiger partial charge in [0.1, 0.15) is 0 Å². The number of carbonyl (C=O) groups excluding carboxylic acids is 1. The third-order valence-corrected chi connectivity index (χ3v) is 6.64. The third-order valence-electron chi connectivity index (χ3n) is 6.64. The summed E-state index contributed by atoms with van der Waals surface area (Å²) in [5, 5.41) is 4.40. The first-order chi connectivity index (χ1) is 14.2. The number of hydrogen-bond donors (Lipinski definition) is 0. The molecule has 2 aliphatic heterocycles. The van der Waals surface area contributed by atoms with Crippen molar-refractivity contribution in [2.75, 3.05) is 26.3 Å². The van der Waals surface area contributed by atoms with Gasteiger partial charge >= 0.3 is 0 Å². The van der Waals surface area contributed by atoms with Crippen molar-refractivity contribution in [2.45, 2.75) is 50.4 Å². The number of carbonyl (C=O) groups is 1. The van der Waals surface area contributed by atoms with Gasteiger partial charge in [-0.25, -0.2) is 0 Å². The van der Waals surface area contributed by atoms with Crippen molar-refractivity contribution in [3.63, 3.8) is 0 Å². The van der Waals surface area contributed by atoms with Crippen LogP contribution < -0.4 is 0 Å². The summed E-state index contributed by atoms with van der Waals surface area (Å²) in [6, 6.07) is 3.80. The molecule has 0 radical (unpaired) electrons. The molecule has 2 aromatic heterocycles. The normalized spacial score (nSPS) is 25.9. The summed E-state index contributed by atoms with van der Waals surface area (Å²) < 4.78 is 11.1. The van der Waals surface area contributed by atoms with Crippen LogP contribution in [0.25, 0.3) is 11.5 Å². The summed E-state index contributed by atoms with van der Waals surface area (Å²) >= 11 is 0. The molecule has 0 bridgehead atoms. The molecule has 2 saturated heterocycles. The molecule has 0 aromatic carbocycles. The number of aromatic nitrogens is 3. The molecule has 4 heterocycles. The monoisotopic (exact) mass is 396 g/mol. The zero-order chi connectivity index (χ0) is 19.7. The van der Waals surface area contributed by atoms with Gasteiger partial charge < -0.3 is 14.2 Å². The quantitative estimate of drug-likeness (QED) is 0.772. The number of rotatable bonds is 5. The SMILES string of the molecule is O=C(C1CCOCC1)N1CCCC(CC2CC2)(c2noc(-c3cccnc3)n2)C1. The Morgan fingerprint density at radius 1 is 1.24 bits per heavy atom. The fraction of sp³-hybridized carbons (Fsp3) is 0.636. The first kappa shape index (κ1) is 18.7. The summed E-state index contributed by atoms with van der Waals surface area (Å²) in [5.41, 5.74) is 0.628. The number of likely N-dealkylation sites (tertiary alicyclic amines) is 1. The van der Waals surface area contributed by atoms with E-state index in [4.69, 9.17) is 14.2 Å². The summed E-state index contributed by atoms with van der Waals surface area (Å²) in [7, 11) is 0. The molecule has 1 amide bonds. The van der Waals surface area contributed by atoms with Gasteiger partial charge in [-0.05, 0) is 50.2 Å². The molecule has 2 aromatic rings. The van der Waals surface area contributed by atoms with Crippen LogP contribution in [0.5, 0.6) is 0 Å². The first-order valence-corrected chi connectivity index (χ1v) is 10.8. The Labute approximate surface area is 170 Å². The second-order valence-electron chi connectivity index (χ2n) is 8.84. The van der Waals surface area contributed by atoms with Gasteiger partial charge in [-0.2, -0.15) is 4.98 Å². The van der Waals surface area contributed by atoms with Crippen molar-refractivity contribution in [3.05, 3.63) is 30.4 Å². The first-order valence-electron chi connectivity index (χ1n) is 10.8. The van der Waals surface area contributed by atoms with Crippen molar-refractivity contribution in [1.82, 2.24) is 20.0 Å². The summed E-state index contributed by atoms with van der Waals surface area (Å²) in [5.74, 6) is 2.36. The Balaban J connectivity index is 1.40. The summed E-state index contributed by atoms with van der Waals surface area (Å²) in [6.45, 7) is 2.91. The molecule has 1 unspecified atom stereocenters. The van der Waals surface area contributed by atoms with E-state index in [2.05, 4.69) is 15.0 Å². The van der Waals surface area contributed by atoms with Crippen LogP contribution >= 0.6 is 0 Å². The maximum Gasteiger partial charge on any atom is 0.259 e. The fourth-order valence-electron chi connectivity index (χ4n) is 4.88. The molecule has 3 aliphatic rings. The van der Waals surface area contributed by atoms with Gasteiger partial charge in [0.2, 0.25) is 5.91 Å². The molecule has 3 fully saturated rings. The molecular weight excluding hydrogens is 368 g/mol. The molecule has 29 heavy (non-hydrogen) atoms. The topological polar surface area (TPSA) is 81.4 Å². The van der Waals surface area contributed by atoms with E-state index in [0.717, 1.165) is 50.0 Å². The minimum Gasteiger partial charge on any atom is -0.381 e. The molecule has 7 nitrogen and oxygen atoms in total. The van der Waals surface area contributed by atoms with E-state index in [1.165, 1.54) is 12.8 Å². The largest absolute Gasteiger partial charge is 0.381 e. The summed E-state index contributed by atoms with van der Waals surface area (Å²) in [6.07, 6.45) is 10.7. The van der Waals surface area contributed by atoms with Crippen LogP contribution in [0.4, 0.5) is 0 Å². The standard InChI is InChI=1S/C22H28N4O3/c27-20(17-6-11-28-12-7-17)26-10-2-8-22(15-26,13-16-4-5-16)21-24-19(29-25-21)18-3-1-9-23-14-18/h1,3,9,14,16-17H,2,4-8,10-13,15H2. The molecule has 1 aliphatic carbocycles. The van der Waals surface area contributed by atoms with Gasteiger partial charge in [0.05, 0.1) is 11.0 Å². The number of amides is 1. The third kappa shape index (κ3) is 3.92. The van der Waals surface area contributed by atoms with Crippen LogP contribution in [0.15, 0.2) is 29.0 Å². The number of nitrogens with zero attached hydrogens (tertiary/aromatic N) is 4. The highest BCUT2D eigenvalue weighted by molar-refractivity contribution is 5.79. The van der Waals surface area contributed by atoms with E-state index >= 15 is 0 Å². The average Bonchev–Trinajstić information content (AvgIpc) is 3.44. The van der Waals surface area contributed by atoms with E-state index < -0.39 is 0 Å². The van der Waals surface area contributed by atoms with E-state index in [9.17, 15) is 4.79 Å². The Morgan fingerprint density at radius 2 is 2.10 bits per heavy atom. The van der Waals surface area contributed by atoms with E-state index in [1.807, 2.05) is 12.1 Å². The highest BCUT2D eigenvalue weighted by atomic mass is 16.5. The minimum absolute atomic E-state index is 0.0942. The van der Waals surface area contributed by atoms with Crippen LogP contribution in [-0.2, 0) is 14.9 Å². The fourth-order valence-corrected chi connectivity index (χ4v) is 4.88. The molecule has 1 saturated carbocycles. The van der Waals surface area contributed by atoms with Gasteiger partial charge in [-0.15, -0.1) is 0 Å². The Bertz CT molecular complexity index is 845. The van der Waals surface area contributed by atoms with Crippen LogP contribution in [0, 0.1) is 11.8 Å². The van der Waals surface area contributed by atoms with Gasteiger partial charge in [0, 0.05) is 44.6 Å².